The summed E-state index contributed by atoms with van der Waals surface area (Å²) in [5.74, 6) is -0.574. The van der Waals surface area contributed by atoms with Gasteiger partial charge in [-0.25, -0.2) is 0 Å². The number of carbonyl (C=O) groups is 1. The van der Waals surface area contributed by atoms with Crippen LogP contribution in [0.1, 0.15) is 36.3 Å². The zero-order chi connectivity index (χ0) is 16.7. The highest BCUT2D eigenvalue weighted by atomic mass is 35.5. The minimum Gasteiger partial charge on any atom is -0.338 e. The monoisotopic (exact) mass is 353 g/mol. The SMILES string of the molecule is CC1(C)CN(C(=O)c2ccc(C(F)(F)F)[nH]c2=O)CCC1N.Cl. The molecule has 1 aromatic rings. The van der Waals surface area contributed by atoms with E-state index in [9.17, 15) is 22.8 Å². The fraction of sp³-hybridized carbons (Fsp3) is 0.571. The van der Waals surface area contributed by atoms with E-state index in [0.717, 1.165) is 6.07 Å². The number of aromatic nitrogens is 1. The van der Waals surface area contributed by atoms with Crippen LogP contribution in [0, 0.1) is 5.41 Å². The Bertz CT molecular complexity index is 643. The van der Waals surface area contributed by atoms with Crippen LogP contribution >= 0.6 is 12.4 Å². The minimum absolute atomic E-state index is 0. The Morgan fingerprint density at radius 1 is 1.39 bits per heavy atom. The van der Waals surface area contributed by atoms with Crippen molar-refractivity contribution in [2.75, 3.05) is 13.1 Å². The third-order valence-electron chi connectivity index (χ3n) is 4.04. The molecular weight excluding hydrogens is 335 g/mol. The molecule has 3 N–H and O–H groups in total. The average Bonchev–Trinajstić information content (AvgIpc) is 2.40. The van der Waals surface area contributed by atoms with Gasteiger partial charge in [0.15, 0.2) is 0 Å². The summed E-state index contributed by atoms with van der Waals surface area (Å²) >= 11 is 0. The highest BCUT2D eigenvalue weighted by Crippen LogP contribution is 2.29. The molecule has 130 valence electrons. The van der Waals surface area contributed by atoms with Gasteiger partial charge in [0.1, 0.15) is 11.3 Å². The molecule has 0 radical (unpaired) electrons. The van der Waals surface area contributed by atoms with Gasteiger partial charge in [0.2, 0.25) is 0 Å². The minimum atomic E-state index is -4.65. The lowest BCUT2D eigenvalue weighted by Crippen LogP contribution is -2.54. The standard InChI is InChI=1S/C14H18F3N3O2.ClH/c1-13(2)7-20(6-5-9(13)18)12(22)8-3-4-10(14(15,16)17)19-11(8)21;/h3-4,9H,5-7,18H2,1-2H3,(H,19,21);1H. The summed E-state index contributed by atoms with van der Waals surface area (Å²) in [6.07, 6.45) is -4.07. The van der Waals surface area contributed by atoms with Crippen molar-refractivity contribution in [3.8, 4) is 0 Å². The maximum Gasteiger partial charge on any atom is 0.431 e. The van der Waals surface area contributed by atoms with E-state index in [-0.39, 0.29) is 29.4 Å². The number of alkyl halides is 3. The van der Waals surface area contributed by atoms with Gasteiger partial charge in [0.05, 0.1) is 0 Å². The highest BCUT2D eigenvalue weighted by molar-refractivity contribution is 5.94. The zero-order valence-corrected chi connectivity index (χ0v) is 13.6. The van der Waals surface area contributed by atoms with E-state index in [0.29, 0.717) is 25.6 Å². The van der Waals surface area contributed by atoms with Crippen LogP contribution in [0.5, 0.6) is 0 Å². The summed E-state index contributed by atoms with van der Waals surface area (Å²) in [6.45, 7) is 4.56. The topological polar surface area (TPSA) is 79.2 Å². The number of nitrogens with zero attached hydrogens (tertiary/aromatic N) is 1. The van der Waals surface area contributed by atoms with Crippen LogP contribution in [0.3, 0.4) is 0 Å². The lowest BCUT2D eigenvalue weighted by molar-refractivity contribution is -0.141. The summed E-state index contributed by atoms with van der Waals surface area (Å²) in [6, 6.07) is 1.56. The van der Waals surface area contributed by atoms with Gasteiger partial charge in [-0.2, -0.15) is 13.2 Å². The Morgan fingerprint density at radius 3 is 2.48 bits per heavy atom. The summed E-state index contributed by atoms with van der Waals surface area (Å²) in [7, 11) is 0. The number of amides is 1. The number of aromatic amines is 1. The molecule has 2 rings (SSSR count). The third kappa shape index (κ3) is 4.06. The number of carbonyl (C=O) groups excluding carboxylic acids is 1. The summed E-state index contributed by atoms with van der Waals surface area (Å²) < 4.78 is 37.6. The molecule has 1 aliphatic heterocycles. The number of pyridine rings is 1. The molecule has 0 aliphatic carbocycles. The lowest BCUT2D eigenvalue weighted by Gasteiger charge is -2.42. The zero-order valence-electron chi connectivity index (χ0n) is 12.7. The van der Waals surface area contributed by atoms with Crippen molar-refractivity contribution in [3.63, 3.8) is 0 Å². The molecule has 1 aromatic heterocycles. The maximum atomic E-state index is 12.5. The van der Waals surface area contributed by atoms with E-state index in [1.165, 1.54) is 4.90 Å². The Balaban J connectivity index is 0.00000264. The summed E-state index contributed by atoms with van der Waals surface area (Å²) in [4.78, 5) is 27.3. The fourth-order valence-corrected chi connectivity index (χ4v) is 2.53. The van der Waals surface area contributed by atoms with Crippen molar-refractivity contribution in [2.24, 2.45) is 11.1 Å². The molecule has 23 heavy (non-hydrogen) atoms. The van der Waals surface area contributed by atoms with Crippen molar-refractivity contribution >= 4 is 18.3 Å². The second-order valence-electron chi connectivity index (χ2n) is 6.22. The van der Waals surface area contributed by atoms with E-state index >= 15 is 0 Å². The molecule has 1 saturated heterocycles. The van der Waals surface area contributed by atoms with Gasteiger partial charge in [-0.05, 0) is 24.0 Å². The van der Waals surface area contributed by atoms with Gasteiger partial charge in [-0.1, -0.05) is 13.8 Å². The number of H-pyrrole nitrogens is 1. The first-order valence-electron chi connectivity index (χ1n) is 6.88. The largest absolute Gasteiger partial charge is 0.431 e. The predicted octanol–water partition coefficient (Wildman–Crippen LogP) is 2.01. The Labute approximate surface area is 137 Å². The molecule has 1 atom stereocenters. The van der Waals surface area contributed by atoms with Crippen LogP contribution in [0.2, 0.25) is 0 Å². The number of hydrogen-bond donors (Lipinski definition) is 2. The molecule has 1 unspecified atom stereocenters. The highest BCUT2D eigenvalue weighted by Gasteiger charge is 2.37. The summed E-state index contributed by atoms with van der Waals surface area (Å²) in [5.41, 5.74) is 3.17. The molecule has 1 aliphatic rings. The number of nitrogens with two attached hydrogens (primary N) is 1. The van der Waals surface area contributed by atoms with Crippen LogP contribution < -0.4 is 11.3 Å². The van der Waals surface area contributed by atoms with Crippen molar-refractivity contribution in [1.29, 1.82) is 0 Å². The predicted molar refractivity (Wildman–Crippen MR) is 81.6 cm³/mol. The normalized spacial score (nSPS) is 20.8. The molecule has 0 bridgehead atoms. The molecule has 0 aromatic carbocycles. The summed E-state index contributed by atoms with van der Waals surface area (Å²) in [5, 5.41) is 0. The maximum absolute atomic E-state index is 12.5. The smallest absolute Gasteiger partial charge is 0.338 e. The van der Waals surface area contributed by atoms with Crippen molar-refractivity contribution in [3.05, 3.63) is 33.7 Å². The number of hydrogen-bond acceptors (Lipinski definition) is 3. The van der Waals surface area contributed by atoms with Crippen LogP contribution in [-0.2, 0) is 6.18 Å². The second kappa shape index (κ2) is 6.52. The molecule has 5 nitrogen and oxygen atoms in total. The first-order valence-corrected chi connectivity index (χ1v) is 6.88. The Morgan fingerprint density at radius 2 is 2.00 bits per heavy atom. The molecule has 1 amide bonds. The second-order valence-corrected chi connectivity index (χ2v) is 6.22. The van der Waals surface area contributed by atoms with Crippen LogP contribution in [0.4, 0.5) is 13.2 Å². The molecule has 0 saturated carbocycles. The van der Waals surface area contributed by atoms with Crippen LogP contribution in [0.15, 0.2) is 16.9 Å². The van der Waals surface area contributed by atoms with Gasteiger partial charge < -0.3 is 15.6 Å². The van der Waals surface area contributed by atoms with E-state index < -0.39 is 23.3 Å². The van der Waals surface area contributed by atoms with Gasteiger partial charge in [0.25, 0.3) is 11.5 Å². The third-order valence-corrected chi connectivity index (χ3v) is 4.04. The van der Waals surface area contributed by atoms with E-state index in [1.54, 1.807) is 4.98 Å². The molecule has 0 spiro atoms. The number of nitrogens with one attached hydrogen (secondary N) is 1. The molecular formula is C14H19ClF3N3O2. The van der Waals surface area contributed by atoms with Gasteiger partial charge in [-0.15, -0.1) is 12.4 Å². The first-order chi connectivity index (χ1) is 10.0. The van der Waals surface area contributed by atoms with E-state index in [4.69, 9.17) is 5.73 Å². The van der Waals surface area contributed by atoms with Gasteiger partial charge in [0, 0.05) is 19.1 Å². The van der Waals surface area contributed by atoms with Crippen molar-refractivity contribution in [1.82, 2.24) is 9.88 Å². The number of likely N-dealkylation sites (tertiary alicyclic amines) is 1. The van der Waals surface area contributed by atoms with Gasteiger partial charge >= 0.3 is 6.18 Å². The number of piperidine rings is 1. The lowest BCUT2D eigenvalue weighted by atomic mass is 9.79. The Kier molecular flexibility index (Phi) is 5.53. The van der Waals surface area contributed by atoms with E-state index in [2.05, 4.69) is 0 Å². The van der Waals surface area contributed by atoms with Crippen molar-refractivity contribution in [2.45, 2.75) is 32.5 Å². The van der Waals surface area contributed by atoms with Gasteiger partial charge in [-0.3, -0.25) is 9.59 Å². The van der Waals surface area contributed by atoms with Crippen molar-refractivity contribution < 1.29 is 18.0 Å². The number of halogens is 4. The van der Waals surface area contributed by atoms with Crippen LogP contribution in [-0.4, -0.2) is 34.9 Å². The molecule has 2 heterocycles. The number of rotatable bonds is 1. The molecule has 1 fully saturated rings. The molecule has 9 heteroatoms. The average molecular weight is 354 g/mol. The fourth-order valence-electron chi connectivity index (χ4n) is 2.53. The first kappa shape index (κ1) is 19.5. The quantitative estimate of drug-likeness (QED) is 0.810. The van der Waals surface area contributed by atoms with E-state index in [1.807, 2.05) is 13.8 Å². The van der Waals surface area contributed by atoms with Crippen LogP contribution in [0.25, 0.3) is 0 Å². The Hall–Kier alpha value is -1.54.